The van der Waals surface area contributed by atoms with Crippen LogP contribution >= 0.6 is 23.2 Å². The Kier molecular flexibility index (Phi) is 9.35. The van der Waals surface area contributed by atoms with E-state index in [1.807, 2.05) is 11.0 Å². The van der Waals surface area contributed by atoms with E-state index in [1.165, 1.54) is 6.07 Å². The molecule has 4 nitrogen and oxygen atoms in total. The minimum Gasteiger partial charge on any atom is -0.368 e. The van der Waals surface area contributed by atoms with Crippen molar-refractivity contribution in [3.05, 3.63) is 63.1 Å². The summed E-state index contributed by atoms with van der Waals surface area (Å²) in [5.74, 6) is 0.356. The van der Waals surface area contributed by atoms with Crippen LogP contribution in [0.25, 0.3) is 0 Å². The summed E-state index contributed by atoms with van der Waals surface area (Å²) in [4.78, 5) is 16.7. The lowest BCUT2D eigenvalue weighted by molar-refractivity contribution is -0.137. The first-order chi connectivity index (χ1) is 16.5. The first-order valence-corrected chi connectivity index (χ1v) is 12.6. The number of nitrogens with zero attached hydrogens (tertiary/aromatic N) is 2. The van der Waals surface area contributed by atoms with Crippen molar-refractivity contribution in [2.45, 2.75) is 45.3 Å². The lowest BCUT2D eigenvalue weighted by Gasteiger charge is -2.38. The number of alkyl halides is 3. The molecule has 192 valence electrons. The molecule has 9 heteroatoms. The lowest BCUT2D eigenvalue weighted by Crippen LogP contribution is -2.49. The van der Waals surface area contributed by atoms with Crippen molar-refractivity contribution >= 4 is 34.8 Å². The molecular weight excluding hydrogens is 498 g/mol. The second-order valence-electron chi connectivity index (χ2n) is 9.35. The van der Waals surface area contributed by atoms with Gasteiger partial charge in [-0.15, -0.1) is 0 Å². The zero-order valence-electron chi connectivity index (χ0n) is 20.3. The Balaban J connectivity index is 1.70. The Morgan fingerprint density at radius 2 is 1.74 bits per heavy atom. The molecular formula is C26H32Cl2F3N3O. The highest BCUT2D eigenvalue weighted by Gasteiger charge is 2.33. The number of amides is 1. The Bertz CT molecular complexity index is 1020. The maximum Gasteiger partial charge on any atom is 0.416 e. The molecule has 0 spiro atoms. The van der Waals surface area contributed by atoms with Gasteiger partial charge in [0, 0.05) is 54.4 Å². The van der Waals surface area contributed by atoms with Crippen LogP contribution in [0.15, 0.2) is 36.4 Å². The molecule has 0 saturated carbocycles. The molecule has 0 aromatic heterocycles. The molecule has 1 aliphatic heterocycles. The quantitative estimate of drug-likeness (QED) is 0.418. The van der Waals surface area contributed by atoms with Crippen LogP contribution in [0.2, 0.25) is 10.0 Å². The fourth-order valence-corrected chi connectivity index (χ4v) is 4.99. The van der Waals surface area contributed by atoms with Crippen LogP contribution < -0.4 is 10.2 Å². The minimum atomic E-state index is -4.40. The smallest absolute Gasteiger partial charge is 0.368 e. The molecule has 2 aromatic rings. The molecule has 2 aromatic carbocycles. The highest BCUT2D eigenvalue weighted by molar-refractivity contribution is 6.35. The molecule has 1 saturated heterocycles. The van der Waals surface area contributed by atoms with E-state index in [0.29, 0.717) is 60.5 Å². The van der Waals surface area contributed by atoms with E-state index in [9.17, 15) is 18.0 Å². The summed E-state index contributed by atoms with van der Waals surface area (Å²) < 4.78 is 40.4. The third-order valence-electron chi connectivity index (χ3n) is 6.38. The number of hydrogen-bond donors (Lipinski definition) is 1. The predicted octanol–water partition coefficient (Wildman–Crippen LogP) is 6.60. The van der Waals surface area contributed by atoms with Crippen LogP contribution in [0.1, 0.15) is 49.4 Å². The third kappa shape index (κ3) is 7.28. The number of carbonyl (C=O) groups is 1. The van der Waals surface area contributed by atoms with Crippen LogP contribution in [0, 0.1) is 5.92 Å². The molecule has 0 unspecified atom stereocenters. The number of nitrogens with one attached hydrogen (secondary N) is 1. The number of anilines is 1. The second kappa shape index (κ2) is 11.8. The molecule has 1 amide bonds. The number of hydrogen-bond acceptors (Lipinski definition) is 3. The topological polar surface area (TPSA) is 35.6 Å². The molecule has 1 atom stereocenters. The molecule has 1 aliphatic rings. The van der Waals surface area contributed by atoms with Gasteiger partial charge >= 0.3 is 6.18 Å². The number of benzene rings is 2. The van der Waals surface area contributed by atoms with Gasteiger partial charge in [-0.3, -0.25) is 4.79 Å². The average Bonchev–Trinajstić information content (AvgIpc) is 2.81. The fraction of sp³-hybridized carbons (Fsp3) is 0.500. The zero-order chi connectivity index (χ0) is 25.8. The van der Waals surface area contributed by atoms with Crippen molar-refractivity contribution in [1.82, 2.24) is 10.2 Å². The minimum absolute atomic E-state index is 0.0382. The van der Waals surface area contributed by atoms with Gasteiger partial charge in [-0.05, 0) is 67.3 Å². The van der Waals surface area contributed by atoms with Gasteiger partial charge in [-0.2, -0.15) is 13.2 Å². The van der Waals surface area contributed by atoms with E-state index in [1.54, 1.807) is 25.2 Å². The van der Waals surface area contributed by atoms with Gasteiger partial charge in [0.1, 0.15) is 0 Å². The molecule has 0 bridgehead atoms. The van der Waals surface area contributed by atoms with Crippen LogP contribution in [-0.4, -0.2) is 44.0 Å². The average molecular weight is 530 g/mol. The number of aryl methyl sites for hydroxylation is 1. The van der Waals surface area contributed by atoms with Gasteiger partial charge in [-0.1, -0.05) is 43.1 Å². The molecule has 0 radical (unpaired) electrons. The summed E-state index contributed by atoms with van der Waals surface area (Å²) in [6, 6.07) is 9.05. The van der Waals surface area contributed by atoms with E-state index < -0.39 is 11.7 Å². The van der Waals surface area contributed by atoms with Crippen LogP contribution in [0.5, 0.6) is 0 Å². The highest BCUT2D eigenvalue weighted by Crippen LogP contribution is 2.37. The second-order valence-corrected chi connectivity index (χ2v) is 10.2. The van der Waals surface area contributed by atoms with E-state index in [2.05, 4.69) is 24.1 Å². The molecule has 1 N–H and O–H groups in total. The van der Waals surface area contributed by atoms with Crippen molar-refractivity contribution in [3.63, 3.8) is 0 Å². The largest absolute Gasteiger partial charge is 0.416 e. The van der Waals surface area contributed by atoms with Gasteiger partial charge in [-0.25, -0.2) is 0 Å². The van der Waals surface area contributed by atoms with Gasteiger partial charge < -0.3 is 15.1 Å². The first-order valence-electron chi connectivity index (χ1n) is 11.8. The van der Waals surface area contributed by atoms with Crippen LogP contribution in [-0.2, 0) is 17.4 Å². The maximum absolute atomic E-state index is 13.5. The van der Waals surface area contributed by atoms with Gasteiger partial charge in [0.2, 0.25) is 5.91 Å². The zero-order valence-corrected chi connectivity index (χ0v) is 21.8. The summed E-state index contributed by atoms with van der Waals surface area (Å²) in [6.45, 7) is 6.26. The number of carbonyl (C=O) groups excluding carboxylic acids is 1. The van der Waals surface area contributed by atoms with Crippen molar-refractivity contribution in [2.75, 3.05) is 38.1 Å². The summed E-state index contributed by atoms with van der Waals surface area (Å²) in [6.07, 6.45) is -2.82. The predicted molar refractivity (Wildman–Crippen MR) is 136 cm³/mol. The maximum atomic E-state index is 13.5. The lowest BCUT2D eigenvalue weighted by atomic mass is 9.93. The van der Waals surface area contributed by atoms with Crippen LogP contribution in [0.3, 0.4) is 0 Å². The fourth-order valence-electron chi connectivity index (χ4n) is 4.49. The summed E-state index contributed by atoms with van der Waals surface area (Å²) >= 11 is 12.2. The molecule has 3 rings (SSSR count). The Hall–Kier alpha value is -1.96. The Morgan fingerprint density at radius 1 is 1.06 bits per heavy atom. The molecule has 1 heterocycles. The highest BCUT2D eigenvalue weighted by atomic mass is 35.5. The number of piperazine rings is 1. The van der Waals surface area contributed by atoms with E-state index in [4.69, 9.17) is 23.2 Å². The molecule has 0 aliphatic carbocycles. The van der Waals surface area contributed by atoms with E-state index >= 15 is 0 Å². The van der Waals surface area contributed by atoms with Crippen molar-refractivity contribution < 1.29 is 18.0 Å². The molecule has 1 fully saturated rings. The van der Waals surface area contributed by atoms with Crippen molar-refractivity contribution in [3.8, 4) is 0 Å². The van der Waals surface area contributed by atoms with Crippen molar-refractivity contribution in [1.29, 1.82) is 0 Å². The van der Waals surface area contributed by atoms with Crippen molar-refractivity contribution in [2.24, 2.45) is 5.92 Å². The summed E-state index contributed by atoms with van der Waals surface area (Å²) in [7, 11) is 1.78. The molecule has 35 heavy (non-hydrogen) atoms. The summed E-state index contributed by atoms with van der Waals surface area (Å²) in [5.41, 5.74) is 1.67. The summed E-state index contributed by atoms with van der Waals surface area (Å²) in [5, 5.41) is 4.30. The van der Waals surface area contributed by atoms with Crippen LogP contribution in [0.4, 0.5) is 18.9 Å². The number of rotatable bonds is 8. The third-order valence-corrected chi connectivity index (χ3v) is 6.97. The van der Waals surface area contributed by atoms with E-state index in [-0.39, 0.29) is 11.9 Å². The first kappa shape index (κ1) is 27.6. The van der Waals surface area contributed by atoms with Gasteiger partial charge in [0.15, 0.2) is 0 Å². The standard InChI is InChI=1S/C26H32Cl2F3N3O/c1-17(2)14-23(32-3)21-15-19(26(29,30)31)6-8-24(21)33-10-12-34(13-11-33)25(35)9-5-18-4-7-20(27)16-22(18)28/h4,6-8,15-17,23,32H,5,9-14H2,1-3H3/t23-/m0/s1. The monoisotopic (exact) mass is 529 g/mol. The van der Waals surface area contributed by atoms with E-state index in [0.717, 1.165) is 23.7 Å². The number of halogens is 5. The Morgan fingerprint density at radius 3 is 2.31 bits per heavy atom. The van der Waals surface area contributed by atoms with Gasteiger partial charge in [0.25, 0.3) is 0 Å². The normalized spacial score (nSPS) is 15.6. The van der Waals surface area contributed by atoms with Gasteiger partial charge in [0.05, 0.1) is 5.56 Å². The SMILES string of the molecule is CN[C@@H](CC(C)C)c1cc(C(F)(F)F)ccc1N1CCN(C(=O)CCc2ccc(Cl)cc2Cl)CC1. The Labute approximate surface area is 215 Å².